The molecule has 0 aromatic carbocycles. The number of carbonyl (C=O) groups excluding carboxylic acids is 1. The molecular formula is C32H47N3O. The number of allylic oxidation sites excluding steroid dienone is 4. The number of hydrogen-bond donors (Lipinski definition) is 1. The summed E-state index contributed by atoms with van der Waals surface area (Å²) in [5.41, 5.74) is 4.39. The van der Waals surface area contributed by atoms with Gasteiger partial charge in [0.2, 0.25) is 5.91 Å². The van der Waals surface area contributed by atoms with E-state index in [1.807, 2.05) is 0 Å². The number of likely N-dealkylation sites (tertiary alicyclic amines) is 1. The van der Waals surface area contributed by atoms with Gasteiger partial charge in [-0.25, -0.2) is 0 Å². The van der Waals surface area contributed by atoms with Gasteiger partial charge < -0.3 is 5.32 Å². The zero-order valence-electron chi connectivity index (χ0n) is 22.5. The van der Waals surface area contributed by atoms with Crippen molar-refractivity contribution in [2.75, 3.05) is 19.6 Å². The summed E-state index contributed by atoms with van der Waals surface area (Å²) in [5, 5.41) is 3.39. The van der Waals surface area contributed by atoms with Crippen LogP contribution in [0, 0.1) is 5.92 Å². The Kier molecular flexibility index (Phi) is 8.64. The Morgan fingerprint density at radius 1 is 1.11 bits per heavy atom. The highest BCUT2D eigenvalue weighted by molar-refractivity contribution is 5.81. The van der Waals surface area contributed by atoms with Crippen molar-refractivity contribution in [2.24, 2.45) is 5.92 Å². The summed E-state index contributed by atoms with van der Waals surface area (Å²) in [6.45, 7) is 9.56. The molecule has 2 heterocycles. The summed E-state index contributed by atoms with van der Waals surface area (Å²) >= 11 is 0. The lowest BCUT2D eigenvalue weighted by Gasteiger charge is -2.40. The molecule has 1 N–H and O–H groups in total. The normalized spacial score (nSPS) is 31.0. The topological polar surface area (TPSA) is 35.6 Å². The molecule has 4 nitrogen and oxygen atoms in total. The first-order valence-corrected chi connectivity index (χ1v) is 14.8. The number of nitrogens with zero attached hydrogens (tertiary/aromatic N) is 2. The van der Waals surface area contributed by atoms with E-state index in [9.17, 15) is 4.79 Å². The maximum atomic E-state index is 13.1. The lowest BCUT2D eigenvalue weighted by molar-refractivity contribution is -0.124. The highest BCUT2D eigenvalue weighted by atomic mass is 16.1. The van der Waals surface area contributed by atoms with Crippen molar-refractivity contribution in [3.63, 3.8) is 0 Å². The summed E-state index contributed by atoms with van der Waals surface area (Å²) in [4.78, 5) is 18.6. The Morgan fingerprint density at radius 2 is 1.92 bits per heavy atom. The molecule has 0 spiro atoms. The van der Waals surface area contributed by atoms with Crippen molar-refractivity contribution in [3.05, 3.63) is 59.8 Å². The standard InChI is InChI=1S/C32H47N3O/c1-3-20-34-21-19-29-17-18-30(23-34)35(29)31(27-10-8-9-24(2)22-27)25-13-15-26(16-14-25)32(36)33-28-11-6-4-5-7-12-28/h3,9,13-15,22,26,28-31H,1,4-8,10-12,16-21,23H2,2H3,(H,33,36). The van der Waals surface area contributed by atoms with Crippen LogP contribution >= 0.6 is 0 Å². The van der Waals surface area contributed by atoms with Crippen LogP contribution in [0.3, 0.4) is 0 Å². The van der Waals surface area contributed by atoms with Crippen LogP contribution in [0.5, 0.6) is 0 Å². The number of amides is 1. The van der Waals surface area contributed by atoms with E-state index >= 15 is 0 Å². The maximum Gasteiger partial charge on any atom is 0.227 e. The third-order valence-corrected chi connectivity index (χ3v) is 9.26. The van der Waals surface area contributed by atoms with E-state index in [1.165, 1.54) is 62.6 Å². The van der Waals surface area contributed by atoms with Crippen LogP contribution in [0.2, 0.25) is 0 Å². The second-order valence-corrected chi connectivity index (χ2v) is 11.9. The van der Waals surface area contributed by atoms with Gasteiger partial charge in [-0.3, -0.25) is 14.6 Å². The average Bonchev–Trinajstić information content (AvgIpc) is 3.01. The van der Waals surface area contributed by atoms with Crippen LogP contribution in [-0.2, 0) is 4.79 Å². The third kappa shape index (κ3) is 5.97. The molecule has 1 saturated carbocycles. The predicted octanol–water partition coefficient (Wildman–Crippen LogP) is 6.09. The molecule has 0 radical (unpaired) electrons. The predicted molar refractivity (Wildman–Crippen MR) is 150 cm³/mol. The Hall–Kier alpha value is -1.91. The fraction of sp³-hybridized carbons (Fsp3) is 0.656. The van der Waals surface area contributed by atoms with Crippen molar-refractivity contribution in [1.82, 2.24) is 15.1 Å². The van der Waals surface area contributed by atoms with Crippen molar-refractivity contribution >= 4 is 5.91 Å². The minimum absolute atomic E-state index is 0.0245. The highest BCUT2D eigenvalue weighted by Gasteiger charge is 2.43. The summed E-state index contributed by atoms with van der Waals surface area (Å²) < 4.78 is 0. The molecule has 2 aliphatic heterocycles. The zero-order valence-corrected chi connectivity index (χ0v) is 22.5. The first kappa shape index (κ1) is 25.7. The molecule has 4 unspecified atom stereocenters. The van der Waals surface area contributed by atoms with E-state index in [-0.39, 0.29) is 11.8 Å². The van der Waals surface area contributed by atoms with E-state index in [4.69, 9.17) is 0 Å². The van der Waals surface area contributed by atoms with Crippen molar-refractivity contribution < 1.29 is 4.79 Å². The molecule has 1 amide bonds. The molecule has 3 aliphatic carbocycles. The highest BCUT2D eigenvalue weighted by Crippen LogP contribution is 2.40. The van der Waals surface area contributed by atoms with Crippen molar-refractivity contribution in [1.29, 1.82) is 0 Å². The van der Waals surface area contributed by atoms with Gasteiger partial charge in [0.15, 0.2) is 0 Å². The fourth-order valence-corrected chi connectivity index (χ4v) is 7.40. The van der Waals surface area contributed by atoms with Gasteiger partial charge in [-0.2, -0.15) is 0 Å². The van der Waals surface area contributed by atoms with E-state index in [2.05, 4.69) is 65.1 Å². The van der Waals surface area contributed by atoms with Crippen molar-refractivity contribution in [3.8, 4) is 0 Å². The third-order valence-electron chi connectivity index (χ3n) is 9.26. The summed E-state index contributed by atoms with van der Waals surface area (Å²) in [6.07, 6.45) is 28.2. The van der Waals surface area contributed by atoms with Gasteiger partial charge >= 0.3 is 0 Å². The SMILES string of the molecule is C=CCN1CCC2CCC(C1)N2C(C1=CCC(C(=O)NC2CCCCCC2)C=C1)C1=CC(C)=CCC1. The van der Waals surface area contributed by atoms with Gasteiger partial charge in [-0.05, 0) is 69.4 Å². The lowest BCUT2D eigenvalue weighted by Crippen LogP contribution is -2.47. The monoisotopic (exact) mass is 489 g/mol. The maximum absolute atomic E-state index is 13.1. The van der Waals surface area contributed by atoms with Crippen LogP contribution in [0.15, 0.2) is 59.8 Å². The molecule has 5 rings (SSSR count). The lowest BCUT2D eigenvalue weighted by atomic mass is 9.84. The first-order chi connectivity index (χ1) is 17.6. The van der Waals surface area contributed by atoms with Gasteiger partial charge in [0.25, 0.3) is 0 Å². The van der Waals surface area contributed by atoms with E-state index in [1.54, 1.807) is 5.57 Å². The van der Waals surface area contributed by atoms with E-state index < -0.39 is 0 Å². The second-order valence-electron chi connectivity index (χ2n) is 11.9. The van der Waals surface area contributed by atoms with Crippen LogP contribution in [-0.4, -0.2) is 59.5 Å². The molecule has 0 aromatic rings. The van der Waals surface area contributed by atoms with Gasteiger partial charge in [0.1, 0.15) is 0 Å². The molecule has 4 atom stereocenters. The molecular weight excluding hydrogens is 442 g/mol. The molecule has 0 aromatic heterocycles. The largest absolute Gasteiger partial charge is 0.353 e. The quantitative estimate of drug-likeness (QED) is 0.347. The molecule has 2 saturated heterocycles. The molecule has 4 heteroatoms. The van der Waals surface area contributed by atoms with E-state index in [0.29, 0.717) is 24.2 Å². The van der Waals surface area contributed by atoms with Gasteiger partial charge in [0.05, 0.1) is 12.0 Å². The molecule has 36 heavy (non-hydrogen) atoms. The first-order valence-electron chi connectivity index (χ1n) is 14.8. The smallest absolute Gasteiger partial charge is 0.227 e. The van der Waals surface area contributed by atoms with Crippen LogP contribution in [0.1, 0.15) is 84.0 Å². The second kappa shape index (κ2) is 12.1. The number of hydrogen-bond acceptors (Lipinski definition) is 3. The molecule has 2 bridgehead atoms. The minimum atomic E-state index is -0.0245. The summed E-state index contributed by atoms with van der Waals surface area (Å²) in [5.74, 6) is 0.208. The summed E-state index contributed by atoms with van der Waals surface area (Å²) in [6, 6.07) is 1.96. The Morgan fingerprint density at radius 3 is 2.64 bits per heavy atom. The van der Waals surface area contributed by atoms with Crippen molar-refractivity contribution in [2.45, 2.75) is 108 Å². The van der Waals surface area contributed by atoms with Crippen LogP contribution in [0.25, 0.3) is 0 Å². The zero-order chi connectivity index (χ0) is 24.9. The Bertz CT molecular complexity index is 920. The number of fused-ring (bicyclic) bond motifs is 2. The average molecular weight is 490 g/mol. The van der Waals surface area contributed by atoms with Gasteiger partial charge in [0, 0.05) is 37.8 Å². The number of rotatable bonds is 7. The molecule has 3 fully saturated rings. The molecule has 5 aliphatic rings. The Labute approximate surface area is 219 Å². The number of carbonyl (C=O) groups is 1. The molecule has 196 valence electrons. The summed E-state index contributed by atoms with van der Waals surface area (Å²) in [7, 11) is 0. The van der Waals surface area contributed by atoms with Gasteiger partial charge in [-0.1, -0.05) is 67.7 Å². The van der Waals surface area contributed by atoms with Crippen LogP contribution < -0.4 is 5.32 Å². The number of nitrogens with one attached hydrogen (secondary N) is 1. The van der Waals surface area contributed by atoms with Gasteiger partial charge in [-0.15, -0.1) is 6.58 Å². The van der Waals surface area contributed by atoms with E-state index in [0.717, 1.165) is 45.2 Å². The minimum Gasteiger partial charge on any atom is -0.353 e. The van der Waals surface area contributed by atoms with Crippen LogP contribution in [0.4, 0.5) is 0 Å². The fourth-order valence-electron chi connectivity index (χ4n) is 7.40. The Balaban J connectivity index is 1.33.